The van der Waals surface area contributed by atoms with Crippen molar-refractivity contribution in [2.24, 2.45) is 0 Å². The average Bonchev–Trinajstić information content (AvgIpc) is 2.79. The number of anilines is 3. The first-order chi connectivity index (χ1) is 15.6. The van der Waals surface area contributed by atoms with Crippen LogP contribution in [-0.2, 0) is 0 Å². The quantitative estimate of drug-likeness (QED) is 0.463. The van der Waals surface area contributed by atoms with Crippen molar-refractivity contribution in [2.75, 3.05) is 29.6 Å². The maximum atomic E-state index is 13.5. The highest BCUT2D eigenvalue weighted by atomic mass is 19.4. The molecule has 3 N–H and O–H groups in total. The highest BCUT2D eigenvalue weighted by Gasteiger charge is 2.34. The van der Waals surface area contributed by atoms with Crippen molar-refractivity contribution >= 4 is 28.9 Å². The molecule has 0 bridgehead atoms. The van der Waals surface area contributed by atoms with E-state index in [1.54, 1.807) is 37.3 Å². The van der Waals surface area contributed by atoms with Crippen molar-refractivity contribution in [1.29, 1.82) is 5.41 Å². The van der Waals surface area contributed by atoms with Crippen molar-refractivity contribution in [3.63, 3.8) is 0 Å². The molecule has 33 heavy (non-hydrogen) atoms. The fourth-order valence-electron chi connectivity index (χ4n) is 2.75. The minimum absolute atomic E-state index is 0.106. The zero-order chi connectivity index (χ0) is 24.0. The number of hydrogen-bond donors (Lipinski definition) is 3. The van der Waals surface area contributed by atoms with Crippen molar-refractivity contribution in [3.05, 3.63) is 84.1 Å². The molecule has 11 heteroatoms. The highest BCUT2D eigenvalue weighted by molar-refractivity contribution is 6.08. The third-order valence-corrected chi connectivity index (χ3v) is 4.31. The Morgan fingerprint density at radius 1 is 1.03 bits per heavy atom. The molecule has 3 rings (SSSR count). The topological polar surface area (TPSA) is 107 Å². The van der Waals surface area contributed by atoms with Crippen LogP contribution in [0.1, 0.15) is 15.9 Å². The summed E-state index contributed by atoms with van der Waals surface area (Å²) in [5.41, 5.74) is -0.660. The van der Waals surface area contributed by atoms with Crippen LogP contribution in [0.4, 0.5) is 30.5 Å². The van der Waals surface area contributed by atoms with Crippen LogP contribution >= 0.6 is 0 Å². The number of amides is 1. The molecule has 0 atom stereocenters. The molecule has 3 aromatic heterocycles. The van der Waals surface area contributed by atoms with Gasteiger partial charge in [-0.15, -0.1) is 0 Å². The van der Waals surface area contributed by atoms with Gasteiger partial charge in [-0.2, -0.15) is 13.2 Å². The van der Waals surface area contributed by atoms with Gasteiger partial charge in [0.2, 0.25) is 0 Å². The summed E-state index contributed by atoms with van der Waals surface area (Å²) in [5.74, 6) is -0.0710. The maximum absolute atomic E-state index is 13.5. The number of halogens is 3. The molecule has 170 valence electrons. The molecule has 0 saturated heterocycles. The van der Waals surface area contributed by atoms with Gasteiger partial charge in [-0.1, -0.05) is 0 Å². The van der Waals surface area contributed by atoms with E-state index in [0.29, 0.717) is 23.1 Å². The number of carbonyl (C=O) groups is 1. The van der Waals surface area contributed by atoms with Gasteiger partial charge in [-0.05, 0) is 42.5 Å². The monoisotopic (exact) mass is 455 g/mol. The lowest BCUT2D eigenvalue weighted by molar-refractivity contribution is -0.0901. The van der Waals surface area contributed by atoms with Crippen LogP contribution in [-0.4, -0.2) is 46.8 Å². The van der Waals surface area contributed by atoms with Gasteiger partial charge >= 0.3 is 6.18 Å². The lowest BCUT2D eigenvalue weighted by atomic mass is 10.1. The van der Waals surface area contributed by atoms with Gasteiger partial charge in [0.15, 0.2) is 0 Å². The highest BCUT2D eigenvalue weighted by Crippen LogP contribution is 2.27. The predicted molar refractivity (Wildman–Crippen MR) is 120 cm³/mol. The molecule has 0 fully saturated rings. The Morgan fingerprint density at radius 3 is 2.39 bits per heavy atom. The fourth-order valence-corrected chi connectivity index (χ4v) is 2.75. The molecule has 0 aliphatic heterocycles. The normalized spacial score (nSPS) is 11.6. The lowest BCUT2D eigenvalue weighted by Crippen LogP contribution is -2.21. The number of rotatable bonds is 7. The first kappa shape index (κ1) is 23.4. The molecule has 3 heterocycles. The van der Waals surface area contributed by atoms with Gasteiger partial charge < -0.3 is 20.9 Å². The van der Waals surface area contributed by atoms with E-state index in [0.717, 1.165) is 0 Å². The number of aromatic nitrogens is 3. The summed E-state index contributed by atoms with van der Waals surface area (Å²) in [7, 11) is 3.50. The van der Waals surface area contributed by atoms with Crippen LogP contribution in [0, 0.1) is 5.41 Å². The minimum atomic E-state index is -4.74. The van der Waals surface area contributed by atoms with Gasteiger partial charge in [-0.25, -0.2) is 9.97 Å². The van der Waals surface area contributed by atoms with Crippen LogP contribution in [0.25, 0.3) is 0 Å². The van der Waals surface area contributed by atoms with E-state index in [1.165, 1.54) is 42.9 Å². The molecule has 0 unspecified atom stereocenters. The van der Waals surface area contributed by atoms with Crippen LogP contribution in [0.15, 0.2) is 73.0 Å². The molecule has 0 aliphatic rings. The van der Waals surface area contributed by atoms with Crippen molar-refractivity contribution in [2.45, 2.75) is 6.18 Å². The van der Waals surface area contributed by atoms with Crippen LogP contribution in [0.5, 0.6) is 0 Å². The van der Waals surface area contributed by atoms with Gasteiger partial charge in [0, 0.05) is 38.2 Å². The Bertz CT molecular complexity index is 1160. The first-order valence-electron chi connectivity index (χ1n) is 9.60. The van der Waals surface area contributed by atoms with Crippen LogP contribution < -0.4 is 15.5 Å². The molecule has 0 radical (unpaired) electrons. The number of nitrogens with zero attached hydrogens (tertiary/aromatic N) is 4. The van der Waals surface area contributed by atoms with Gasteiger partial charge in [0.05, 0.1) is 23.2 Å². The summed E-state index contributed by atoms with van der Waals surface area (Å²) in [5, 5.41) is 12.7. The molecule has 0 saturated carbocycles. The maximum Gasteiger partial charge on any atom is 0.431 e. The van der Waals surface area contributed by atoms with Crippen LogP contribution in [0.3, 0.4) is 0 Å². The number of alkyl halides is 3. The Kier molecular flexibility index (Phi) is 7.01. The van der Waals surface area contributed by atoms with E-state index in [1.807, 2.05) is 0 Å². The SMILES string of the molecule is CN(C)c1ncccc1C(=O)Nc1ccc(N/C(=C\C(=N)c2cccnc2)C(F)(F)F)nc1. The van der Waals surface area contributed by atoms with E-state index in [4.69, 9.17) is 5.41 Å². The molecule has 0 aromatic carbocycles. The van der Waals surface area contributed by atoms with E-state index >= 15 is 0 Å². The number of carbonyl (C=O) groups excluding carboxylic acids is 1. The predicted octanol–water partition coefficient (Wildman–Crippen LogP) is 4.12. The Balaban J connectivity index is 1.75. The molecule has 3 aromatic rings. The fraction of sp³-hybridized carbons (Fsp3) is 0.136. The van der Waals surface area contributed by atoms with Crippen molar-refractivity contribution in [1.82, 2.24) is 15.0 Å². The summed E-state index contributed by atoms with van der Waals surface area (Å²) >= 11 is 0. The zero-order valence-electron chi connectivity index (χ0n) is 17.7. The standard InChI is InChI=1S/C22H20F3N7O/c1-32(2)20-16(6-4-10-28-20)21(33)30-15-7-8-19(29-13-15)31-18(22(23,24)25)11-17(26)14-5-3-9-27-12-14/h3-13,26H,1-2H3,(H,29,31)(H,30,33)/b18-11-,26-17?. The number of allylic oxidation sites excluding steroid dienone is 2. The lowest BCUT2D eigenvalue weighted by Gasteiger charge is -2.16. The van der Waals surface area contributed by atoms with Gasteiger partial charge in [-0.3, -0.25) is 9.78 Å². The second kappa shape index (κ2) is 9.90. The smallest absolute Gasteiger partial charge is 0.362 e. The molecular formula is C22H20F3N7O. The minimum Gasteiger partial charge on any atom is -0.362 e. The number of nitrogens with one attached hydrogen (secondary N) is 3. The summed E-state index contributed by atoms with van der Waals surface area (Å²) in [6.07, 6.45) is 1.47. The number of hydrogen-bond acceptors (Lipinski definition) is 7. The van der Waals surface area contributed by atoms with Crippen LogP contribution in [0.2, 0.25) is 0 Å². The third kappa shape index (κ3) is 6.12. The first-order valence-corrected chi connectivity index (χ1v) is 9.60. The van der Waals surface area contributed by atoms with Crippen molar-refractivity contribution in [3.8, 4) is 0 Å². The summed E-state index contributed by atoms with van der Waals surface area (Å²) in [6, 6.07) is 8.96. The average molecular weight is 455 g/mol. The summed E-state index contributed by atoms with van der Waals surface area (Å²) < 4.78 is 40.5. The summed E-state index contributed by atoms with van der Waals surface area (Å²) in [4.78, 5) is 26.2. The largest absolute Gasteiger partial charge is 0.431 e. The van der Waals surface area contributed by atoms with Gasteiger partial charge in [0.25, 0.3) is 5.91 Å². The molecule has 0 spiro atoms. The van der Waals surface area contributed by atoms with E-state index < -0.39 is 17.8 Å². The molecule has 8 nitrogen and oxygen atoms in total. The molecular weight excluding hydrogens is 435 g/mol. The Labute approximate surface area is 187 Å². The summed E-state index contributed by atoms with van der Waals surface area (Å²) in [6.45, 7) is 0. The number of pyridine rings is 3. The Morgan fingerprint density at radius 2 is 1.79 bits per heavy atom. The third-order valence-electron chi connectivity index (χ3n) is 4.31. The van der Waals surface area contributed by atoms with Gasteiger partial charge in [0.1, 0.15) is 17.3 Å². The molecule has 0 aliphatic carbocycles. The second-order valence-electron chi connectivity index (χ2n) is 6.99. The zero-order valence-corrected chi connectivity index (χ0v) is 17.7. The van der Waals surface area contributed by atoms with Crippen molar-refractivity contribution < 1.29 is 18.0 Å². The van der Waals surface area contributed by atoms with E-state index in [9.17, 15) is 18.0 Å². The molecule has 1 amide bonds. The Hall–Kier alpha value is -4.28. The van der Waals surface area contributed by atoms with E-state index in [2.05, 4.69) is 25.6 Å². The van der Waals surface area contributed by atoms with E-state index in [-0.39, 0.29) is 17.1 Å². The second-order valence-corrected chi connectivity index (χ2v) is 6.99.